The quantitative estimate of drug-likeness (QED) is 0.892. The molecule has 1 aromatic carbocycles. The summed E-state index contributed by atoms with van der Waals surface area (Å²) < 4.78 is 0. The predicted octanol–water partition coefficient (Wildman–Crippen LogP) is 3.52. The lowest BCUT2D eigenvalue weighted by molar-refractivity contribution is -0.115. The SMILES string of the molecule is Cc1ccc(CC(=O)Nc2sc3c(c2C(N)=O)CCCC3)c(C)c1. The van der Waals surface area contributed by atoms with Gasteiger partial charge in [-0.25, -0.2) is 0 Å². The average molecular weight is 342 g/mol. The molecule has 0 unspecified atom stereocenters. The van der Waals surface area contributed by atoms with Crippen molar-refractivity contribution in [3.05, 3.63) is 50.9 Å². The van der Waals surface area contributed by atoms with Crippen LogP contribution in [0.3, 0.4) is 0 Å². The van der Waals surface area contributed by atoms with E-state index < -0.39 is 5.91 Å². The van der Waals surface area contributed by atoms with Crippen LogP contribution in [0, 0.1) is 13.8 Å². The van der Waals surface area contributed by atoms with Crippen LogP contribution in [-0.4, -0.2) is 11.8 Å². The molecule has 0 spiro atoms. The Hall–Kier alpha value is -2.14. The standard InChI is InChI=1S/C19H22N2O2S/c1-11-7-8-13(12(2)9-11)10-16(22)21-19-17(18(20)23)14-5-3-4-6-15(14)24-19/h7-9H,3-6,10H2,1-2H3,(H2,20,23)(H,21,22). The van der Waals surface area contributed by atoms with Crippen molar-refractivity contribution in [1.29, 1.82) is 0 Å². The number of fused-ring (bicyclic) bond motifs is 1. The molecular formula is C19H22N2O2S. The number of nitrogens with two attached hydrogens (primary N) is 1. The van der Waals surface area contributed by atoms with Gasteiger partial charge in [0.25, 0.3) is 5.91 Å². The first-order valence-electron chi connectivity index (χ1n) is 8.26. The number of carbonyl (C=O) groups is 2. The first-order valence-corrected chi connectivity index (χ1v) is 9.07. The van der Waals surface area contributed by atoms with Crippen LogP contribution in [0.2, 0.25) is 0 Å². The predicted molar refractivity (Wildman–Crippen MR) is 97.7 cm³/mol. The first-order chi connectivity index (χ1) is 11.5. The third-order valence-corrected chi connectivity index (χ3v) is 5.73. The van der Waals surface area contributed by atoms with E-state index in [0.717, 1.165) is 42.4 Å². The molecule has 1 aromatic heterocycles. The fraction of sp³-hybridized carbons (Fsp3) is 0.368. The van der Waals surface area contributed by atoms with Crippen LogP contribution < -0.4 is 11.1 Å². The number of hydrogen-bond donors (Lipinski definition) is 2. The smallest absolute Gasteiger partial charge is 0.251 e. The molecule has 4 nitrogen and oxygen atoms in total. The molecule has 2 amide bonds. The third kappa shape index (κ3) is 3.36. The van der Waals surface area contributed by atoms with Gasteiger partial charge in [0.05, 0.1) is 12.0 Å². The molecule has 0 fully saturated rings. The molecule has 2 aromatic rings. The van der Waals surface area contributed by atoms with Gasteiger partial charge in [0.15, 0.2) is 0 Å². The minimum absolute atomic E-state index is 0.108. The topological polar surface area (TPSA) is 72.2 Å². The normalized spacial score (nSPS) is 13.4. The van der Waals surface area contributed by atoms with E-state index >= 15 is 0 Å². The molecule has 5 heteroatoms. The highest BCUT2D eigenvalue weighted by atomic mass is 32.1. The summed E-state index contributed by atoms with van der Waals surface area (Å²) in [5, 5.41) is 3.53. The minimum Gasteiger partial charge on any atom is -0.365 e. The van der Waals surface area contributed by atoms with Crippen molar-refractivity contribution in [3.8, 4) is 0 Å². The highest BCUT2D eigenvalue weighted by Gasteiger charge is 2.25. The summed E-state index contributed by atoms with van der Waals surface area (Å²) in [6, 6.07) is 6.06. The van der Waals surface area contributed by atoms with E-state index in [1.165, 1.54) is 21.8 Å². The average Bonchev–Trinajstić information content (AvgIpc) is 2.87. The zero-order chi connectivity index (χ0) is 17.3. The summed E-state index contributed by atoms with van der Waals surface area (Å²) in [6.07, 6.45) is 4.33. The van der Waals surface area contributed by atoms with Gasteiger partial charge in [0.2, 0.25) is 5.91 Å². The fourth-order valence-corrected chi connectivity index (χ4v) is 4.61. The van der Waals surface area contributed by atoms with Gasteiger partial charge in [-0.1, -0.05) is 23.8 Å². The summed E-state index contributed by atoms with van der Waals surface area (Å²) in [7, 11) is 0. The van der Waals surface area contributed by atoms with Crippen LogP contribution in [0.4, 0.5) is 5.00 Å². The number of carbonyl (C=O) groups excluding carboxylic acids is 2. The summed E-state index contributed by atoms with van der Waals surface area (Å²) >= 11 is 1.50. The van der Waals surface area contributed by atoms with Crippen LogP contribution >= 0.6 is 11.3 Å². The number of nitrogens with one attached hydrogen (secondary N) is 1. The molecule has 0 saturated heterocycles. The number of aryl methyl sites for hydroxylation is 3. The Morgan fingerprint density at radius 2 is 1.96 bits per heavy atom. The molecule has 0 aliphatic heterocycles. The van der Waals surface area contributed by atoms with Crippen molar-refractivity contribution < 1.29 is 9.59 Å². The molecule has 1 heterocycles. The van der Waals surface area contributed by atoms with Gasteiger partial charge in [-0.15, -0.1) is 11.3 Å². The molecule has 3 rings (SSSR count). The highest BCUT2D eigenvalue weighted by Crippen LogP contribution is 2.37. The molecule has 3 N–H and O–H groups in total. The van der Waals surface area contributed by atoms with Gasteiger partial charge in [-0.2, -0.15) is 0 Å². The van der Waals surface area contributed by atoms with Gasteiger partial charge < -0.3 is 11.1 Å². The van der Waals surface area contributed by atoms with E-state index in [0.29, 0.717) is 17.0 Å². The number of primary amides is 1. The van der Waals surface area contributed by atoms with Gasteiger partial charge in [0, 0.05) is 4.88 Å². The number of rotatable bonds is 4. The van der Waals surface area contributed by atoms with Crippen LogP contribution in [0.25, 0.3) is 0 Å². The van der Waals surface area contributed by atoms with Crippen LogP contribution in [0.1, 0.15) is 50.3 Å². The molecular weight excluding hydrogens is 320 g/mol. The minimum atomic E-state index is -0.448. The fourth-order valence-electron chi connectivity index (χ4n) is 3.30. The largest absolute Gasteiger partial charge is 0.365 e. The van der Waals surface area contributed by atoms with Crippen LogP contribution in [0.15, 0.2) is 18.2 Å². The number of anilines is 1. The number of hydrogen-bond acceptors (Lipinski definition) is 3. The number of thiophene rings is 1. The molecule has 0 atom stereocenters. The monoisotopic (exact) mass is 342 g/mol. The Balaban J connectivity index is 1.81. The van der Waals surface area contributed by atoms with E-state index in [1.807, 2.05) is 26.0 Å². The molecule has 0 saturated carbocycles. The van der Waals surface area contributed by atoms with Gasteiger partial charge >= 0.3 is 0 Å². The second kappa shape index (κ2) is 6.77. The maximum atomic E-state index is 12.5. The lowest BCUT2D eigenvalue weighted by Gasteiger charge is -2.11. The van der Waals surface area contributed by atoms with E-state index in [-0.39, 0.29) is 5.91 Å². The van der Waals surface area contributed by atoms with E-state index in [9.17, 15) is 9.59 Å². The zero-order valence-electron chi connectivity index (χ0n) is 14.1. The maximum absolute atomic E-state index is 12.5. The second-order valence-corrected chi connectivity index (χ2v) is 7.54. The maximum Gasteiger partial charge on any atom is 0.251 e. The summed E-state index contributed by atoms with van der Waals surface area (Å²) in [4.78, 5) is 25.5. The molecule has 1 aliphatic rings. The van der Waals surface area contributed by atoms with Crippen molar-refractivity contribution in [1.82, 2.24) is 0 Å². The molecule has 1 aliphatic carbocycles. The zero-order valence-corrected chi connectivity index (χ0v) is 14.9. The van der Waals surface area contributed by atoms with Crippen molar-refractivity contribution >= 4 is 28.2 Å². The second-order valence-electron chi connectivity index (χ2n) is 6.43. The molecule has 0 bridgehead atoms. The van der Waals surface area contributed by atoms with Gasteiger partial charge in [0.1, 0.15) is 5.00 Å². The van der Waals surface area contributed by atoms with Crippen molar-refractivity contribution in [2.75, 3.05) is 5.32 Å². The van der Waals surface area contributed by atoms with E-state index in [4.69, 9.17) is 5.73 Å². The first kappa shape index (κ1) is 16.7. The lowest BCUT2D eigenvalue weighted by atomic mass is 9.95. The van der Waals surface area contributed by atoms with Gasteiger partial charge in [-0.05, 0) is 56.2 Å². The Morgan fingerprint density at radius 3 is 2.67 bits per heavy atom. The third-order valence-electron chi connectivity index (χ3n) is 4.52. The summed E-state index contributed by atoms with van der Waals surface area (Å²) in [6.45, 7) is 4.04. The summed E-state index contributed by atoms with van der Waals surface area (Å²) in [5.74, 6) is -0.556. The van der Waals surface area contributed by atoms with Crippen LogP contribution in [-0.2, 0) is 24.1 Å². The Bertz CT molecular complexity index is 808. The van der Waals surface area contributed by atoms with E-state index in [2.05, 4.69) is 11.4 Å². The van der Waals surface area contributed by atoms with Crippen molar-refractivity contribution in [3.63, 3.8) is 0 Å². The van der Waals surface area contributed by atoms with Crippen LogP contribution in [0.5, 0.6) is 0 Å². The molecule has 24 heavy (non-hydrogen) atoms. The Morgan fingerprint density at radius 1 is 1.21 bits per heavy atom. The Labute approximate surface area is 146 Å². The Kier molecular flexibility index (Phi) is 4.71. The summed E-state index contributed by atoms with van der Waals surface area (Å²) in [5.41, 5.74) is 10.4. The molecule has 126 valence electrons. The molecule has 0 radical (unpaired) electrons. The number of benzene rings is 1. The number of amides is 2. The highest BCUT2D eigenvalue weighted by molar-refractivity contribution is 7.17. The van der Waals surface area contributed by atoms with Gasteiger partial charge in [-0.3, -0.25) is 9.59 Å². The lowest BCUT2D eigenvalue weighted by Crippen LogP contribution is -2.19. The van der Waals surface area contributed by atoms with Crippen molar-refractivity contribution in [2.24, 2.45) is 5.73 Å². The van der Waals surface area contributed by atoms with Crippen molar-refractivity contribution in [2.45, 2.75) is 46.0 Å². The van der Waals surface area contributed by atoms with E-state index in [1.54, 1.807) is 0 Å².